The maximum absolute atomic E-state index is 13.0. The summed E-state index contributed by atoms with van der Waals surface area (Å²) in [6, 6.07) is 9.83. The molecule has 0 saturated carbocycles. The van der Waals surface area contributed by atoms with Gasteiger partial charge in [-0.15, -0.1) is 0 Å². The number of nitrogens with one attached hydrogen (secondary N) is 1. The predicted octanol–water partition coefficient (Wildman–Crippen LogP) is 2.42. The zero-order chi connectivity index (χ0) is 13.0. The summed E-state index contributed by atoms with van der Waals surface area (Å²) in [5.41, 5.74) is -0.234. The molecule has 3 nitrogen and oxygen atoms in total. The van der Waals surface area contributed by atoms with Crippen LogP contribution in [0.4, 0.5) is 4.39 Å². The highest BCUT2D eigenvalue weighted by molar-refractivity contribution is 5.16. The fraction of sp³-hybridized carbons (Fsp3) is 0.286. The van der Waals surface area contributed by atoms with Gasteiger partial charge in [0.15, 0.2) is 0 Å². The Balaban J connectivity index is 1.89. The summed E-state index contributed by atoms with van der Waals surface area (Å²) in [5.74, 6) is 0.251. The Morgan fingerprint density at radius 1 is 1.33 bits per heavy atom. The van der Waals surface area contributed by atoms with Crippen LogP contribution in [0.3, 0.4) is 0 Å². The Kier molecular flexibility index (Phi) is 3.79. The molecule has 0 radical (unpaired) electrons. The molecule has 0 amide bonds. The summed E-state index contributed by atoms with van der Waals surface area (Å²) in [7, 11) is 0. The summed E-state index contributed by atoms with van der Waals surface area (Å²) in [6.45, 7) is 2.50. The molecule has 0 aliphatic carbocycles. The van der Waals surface area contributed by atoms with Gasteiger partial charge in [0, 0.05) is 13.1 Å². The molecule has 0 aliphatic heterocycles. The summed E-state index contributed by atoms with van der Waals surface area (Å²) in [6.07, 6.45) is 1.52. The van der Waals surface area contributed by atoms with Crippen molar-refractivity contribution in [2.24, 2.45) is 0 Å². The van der Waals surface area contributed by atoms with E-state index in [0.717, 1.165) is 5.56 Å². The molecule has 2 N–H and O–H groups in total. The maximum Gasteiger partial charge on any atom is 0.136 e. The zero-order valence-electron chi connectivity index (χ0n) is 10.2. The van der Waals surface area contributed by atoms with Crippen LogP contribution in [0.15, 0.2) is 47.1 Å². The van der Waals surface area contributed by atoms with Crippen LogP contribution in [0, 0.1) is 5.82 Å². The SMILES string of the molecule is CC(O)(CNCc1cccc(F)c1)c1ccco1. The maximum atomic E-state index is 13.0. The van der Waals surface area contributed by atoms with E-state index in [0.29, 0.717) is 18.8 Å². The van der Waals surface area contributed by atoms with Gasteiger partial charge in [0.1, 0.15) is 17.2 Å². The Labute approximate surface area is 105 Å². The lowest BCUT2D eigenvalue weighted by atomic mass is 10.0. The van der Waals surface area contributed by atoms with Crippen molar-refractivity contribution in [2.75, 3.05) is 6.54 Å². The second-order valence-corrected chi connectivity index (χ2v) is 4.48. The van der Waals surface area contributed by atoms with Crippen LogP contribution in [0.1, 0.15) is 18.2 Å². The third-order valence-corrected chi connectivity index (χ3v) is 2.74. The largest absolute Gasteiger partial charge is 0.466 e. The van der Waals surface area contributed by atoms with Crippen molar-refractivity contribution in [3.05, 3.63) is 59.8 Å². The minimum atomic E-state index is -1.07. The van der Waals surface area contributed by atoms with E-state index in [1.54, 1.807) is 25.1 Å². The molecule has 4 heteroatoms. The Morgan fingerprint density at radius 2 is 2.17 bits per heavy atom. The van der Waals surface area contributed by atoms with Crippen molar-refractivity contribution >= 4 is 0 Å². The number of hydrogen-bond donors (Lipinski definition) is 2. The minimum absolute atomic E-state index is 0.257. The fourth-order valence-corrected chi connectivity index (χ4v) is 1.77. The van der Waals surface area contributed by atoms with Crippen LogP contribution in [-0.2, 0) is 12.1 Å². The first-order valence-electron chi connectivity index (χ1n) is 5.79. The van der Waals surface area contributed by atoms with E-state index in [9.17, 15) is 9.50 Å². The van der Waals surface area contributed by atoms with Gasteiger partial charge in [-0.1, -0.05) is 12.1 Å². The number of benzene rings is 1. The van der Waals surface area contributed by atoms with E-state index in [2.05, 4.69) is 5.32 Å². The van der Waals surface area contributed by atoms with Gasteiger partial charge in [-0.3, -0.25) is 0 Å². The molecular weight excluding hydrogens is 233 g/mol. The van der Waals surface area contributed by atoms with E-state index in [1.165, 1.54) is 18.4 Å². The molecule has 0 saturated heterocycles. The third kappa shape index (κ3) is 3.18. The van der Waals surface area contributed by atoms with Gasteiger partial charge in [0.25, 0.3) is 0 Å². The standard InChI is InChI=1S/C14H16FNO2/c1-14(17,13-6-3-7-18-13)10-16-9-11-4-2-5-12(15)8-11/h2-8,16-17H,9-10H2,1H3. The van der Waals surface area contributed by atoms with Gasteiger partial charge < -0.3 is 14.8 Å². The average molecular weight is 249 g/mol. The molecule has 2 aromatic rings. The average Bonchev–Trinajstić information content (AvgIpc) is 2.83. The molecular formula is C14H16FNO2. The quantitative estimate of drug-likeness (QED) is 0.855. The lowest BCUT2D eigenvalue weighted by molar-refractivity contribution is 0.0340. The summed E-state index contributed by atoms with van der Waals surface area (Å²) < 4.78 is 18.1. The lowest BCUT2D eigenvalue weighted by Gasteiger charge is -2.21. The number of hydrogen-bond acceptors (Lipinski definition) is 3. The number of rotatable bonds is 5. The Bertz CT molecular complexity index is 494. The van der Waals surface area contributed by atoms with Crippen molar-refractivity contribution in [3.8, 4) is 0 Å². The van der Waals surface area contributed by atoms with E-state index < -0.39 is 5.60 Å². The predicted molar refractivity (Wildman–Crippen MR) is 66.4 cm³/mol. The molecule has 0 fully saturated rings. The topological polar surface area (TPSA) is 45.4 Å². The van der Waals surface area contributed by atoms with E-state index in [1.807, 2.05) is 6.07 Å². The number of halogens is 1. The zero-order valence-corrected chi connectivity index (χ0v) is 10.2. The Morgan fingerprint density at radius 3 is 2.83 bits per heavy atom. The van der Waals surface area contributed by atoms with Crippen molar-refractivity contribution in [1.82, 2.24) is 5.32 Å². The normalized spacial score (nSPS) is 14.4. The van der Waals surface area contributed by atoms with Gasteiger partial charge in [-0.25, -0.2) is 4.39 Å². The molecule has 2 rings (SSSR count). The lowest BCUT2D eigenvalue weighted by Crippen LogP contribution is -2.34. The second-order valence-electron chi connectivity index (χ2n) is 4.48. The molecule has 96 valence electrons. The molecule has 1 aromatic heterocycles. The van der Waals surface area contributed by atoms with Crippen molar-refractivity contribution in [1.29, 1.82) is 0 Å². The molecule has 0 spiro atoms. The van der Waals surface area contributed by atoms with Gasteiger partial charge in [0.2, 0.25) is 0 Å². The van der Waals surface area contributed by atoms with E-state index in [4.69, 9.17) is 4.42 Å². The fourth-order valence-electron chi connectivity index (χ4n) is 1.77. The first kappa shape index (κ1) is 12.8. The molecule has 0 bridgehead atoms. The van der Waals surface area contributed by atoms with Crippen LogP contribution in [0.2, 0.25) is 0 Å². The van der Waals surface area contributed by atoms with Crippen LogP contribution in [0.5, 0.6) is 0 Å². The van der Waals surface area contributed by atoms with Crippen molar-refractivity contribution in [2.45, 2.75) is 19.1 Å². The van der Waals surface area contributed by atoms with Gasteiger partial charge in [-0.05, 0) is 36.8 Å². The van der Waals surface area contributed by atoms with Crippen molar-refractivity contribution in [3.63, 3.8) is 0 Å². The minimum Gasteiger partial charge on any atom is -0.466 e. The number of furan rings is 1. The highest BCUT2D eigenvalue weighted by Crippen LogP contribution is 2.19. The molecule has 0 aliphatic rings. The second kappa shape index (κ2) is 5.33. The molecule has 1 atom stereocenters. The smallest absolute Gasteiger partial charge is 0.136 e. The van der Waals surface area contributed by atoms with Crippen molar-refractivity contribution < 1.29 is 13.9 Å². The van der Waals surface area contributed by atoms with Crippen LogP contribution in [-0.4, -0.2) is 11.7 Å². The Hall–Kier alpha value is -1.65. The third-order valence-electron chi connectivity index (χ3n) is 2.74. The summed E-state index contributed by atoms with van der Waals surface area (Å²) >= 11 is 0. The van der Waals surface area contributed by atoms with E-state index >= 15 is 0 Å². The molecule has 1 heterocycles. The first-order valence-corrected chi connectivity index (χ1v) is 5.79. The molecule has 1 unspecified atom stereocenters. The highest BCUT2D eigenvalue weighted by atomic mass is 19.1. The van der Waals surface area contributed by atoms with E-state index in [-0.39, 0.29) is 5.82 Å². The van der Waals surface area contributed by atoms with Crippen LogP contribution in [0.25, 0.3) is 0 Å². The molecule has 1 aromatic carbocycles. The van der Waals surface area contributed by atoms with Crippen LogP contribution >= 0.6 is 0 Å². The van der Waals surface area contributed by atoms with Crippen LogP contribution < -0.4 is 5.32 Å². The van der Waals surface area contributed by atoms with Gasteiger partial charge in [0.05, 0.1) is 6.26 Å². The van der Waals surface area contributed by atoms with Gasteiger partial charge >= 0.3 is 0 Å². The number of aliphatic hydroxyl groups is 1. The highest BCUT2D eigenvalue weighted by Gasteiger charge is 2.25. The summed E-state index contributed by atoms with van der Waals surface area (Å²) in [4.78, 5) is 0. The molecule has 18 heavy (non-hydrogen) atoms. The monoisotopic (exact) mass is 249 g/mol. The van der Waals surface area contributed by atoms with Gasteiger partial charge in [-0.2, -0.15) is 0 Å². The summed E-state index contributed by atoms with van der Waals surface area (Å²) in [5, 5.41) is 13.3. The first-order chi connectivity index (χ1) is 8.58.